The van der Waals surface area contributed by atoms with Gasteiger partial charge < -0.3 is 9.47 Å². The number of nitrogens with zero attached hydrogens (tertiary/aromatic N) is 2. The second-order valence-electron chi connectivity index (χ2n) is 7.10. The average Bonchev–Trinajstić information content (AvgIpc) is 2.81. The van der Waals surface area contributed by atoms with E-state index in [1.807, 2.05) is 24.3 Å². The Kier molecular flexibility index (Phi) is 7.85. The van der Waals surface area contributed by atoms with Gasteiger partial charge >= 0.3 is 0 Å². The Morgan fingerprint density at radius 2 is 1.97 bits per heavy atom. The first kappa shape index (κ1) is 23.6. The van der Waals surface area contributed by atoms with Crippen LogP contribution < -0.4 is 9.47 Å². The number of allylic oxidation sites excluding steroid dienone is 2. The van der Waals surface area contributed by atoms with Crippen molar-refractivity contribution in [2.24, 2.45) is 0 Å². The Morgan fingerprint density at radius 1 is 1.21 bits per heavy atom. The normalized spacial score (nSPS) is 10.9. The fraction of sp³-hybridized carbons (Fsp3) is 0.115. The van der Waals surface area contributed by atoms with E-state index >= 15 is 0 Å². The number of benzene rings is 3. The monoisotopic (exact) mass is 460 g/mol. The predicted molar refractivity (Wildman–Crippen MR) is 129 cm³/mol. The van der Waals surface area contributed by atoms with Gasteiger partial charge in [-0.25, -0.2) is 0 Å². The molecule has 0 saturated carbocycles. The molecule has 33 heavy (non-hydrogen) atoms. The van der Waals surface area contributed by atoms with E-state index in [2.05, 4.69) is 12.6 Å². The van der Waals surface area contributed by atoms with Crippen molar-refractivity contribution in [3.63, 3.8) is 0 Å². The number of rotatable bonds is 9. The van der Waals surface area contributed by atoms with Crippen LogP contribution in [0.2, 0.25) is 5.02 Å². The second-order valence-corrected chi connectivity index (χ2v) is 7.53. The number of non-ortho nitro benzene ring substituents is 1. The van der Waals surface area contributed by atoms with Crippen LogP contribution in [0.5, 0.6) is 11.5 Å². The summed E-state index contributed by atoms with van der Waals surface area (Å²) in [5.74, 6) is 1.10. The van der Waals surface area contributed by atoms with Crippen LogP contribution in [0, 0.1) is 21.4 Å². The molecule has 0 aromatic heterocycles. The summed E-state index contributed by atoms with van der Waals surface area (Å²) in [5.41, 5.74) is 3.40. The minimum absolute atomic E-state index is 0.0350. The average molecular weight is 461 g/mol. The summed E-state index contributed by atoms with van der Waals surface area (Å²) in [4.78, 5) is 10.4. The number of nitro groups is 1. The molecule has 0 radical (unpaired) electrons. The number of nitro benzene ring substituents is 1. The highest BCUT2D eigenvalue weighted by molar-refractivity contribution is 6.30. The first-order valence-electron chi connectivity index (χ1n) is 10.0. The minimum atomic E-state index is -0.478. The first-order chi connectivity index (χ1) is 15.9. The Hall–Kier alpha value is -4.08. The summed E-state index contributed by atoms with van der Waals surface area (Å²) in [5, 5.41) is 21.2. The zero-order valence-corrected chi connectivity index (χ0v) is 18.7. The summed E-state index contributed by atoms with van der Waals surface area (Å²) >= 11 is 6.06. The van der Waals surface area contributed by atoms with Crippen LogP contribution in [0.25, 0.3) is 11.6 Å². The topological polar surface area (TPSA) is 85.4 Å². The quantitative estimate of drug-likeness (QED) is 0.118. The van der Waals surface area contributed by atoms with Gasteiger partial charge in [-0.3, -0.25) is 10.1 Å². The molecule has 0 amide bonds. The molecule has 0 spiro atoms. The number of hydrogen-bond acceptors (Lipinski definition) is 5. The Balaban J connectivity index is 1.96. The van der Waals surface area contributed by atoms with E-state index in [0.717, 1.165) is 16.7 Å². The Bertz CT molecular complexity index is 1240. The van der Waals surface area contributed by atoms with Crippen molar-refractivity contribution in [3.05, 3.63) is 111 Å². The van der Waals surface area contributed by atoms with Crippen molar-refractivity contribution in [3.8, 4) is 17.6 Å². The van der Waals surface area contributed by atoms with Gasteiger partial charge in [-0.1, -0.05) is 29.8 Å². The number of ether oxygens (including phenoxy) is 2. The molecule has 0 heterocycles. The number of nitriles is 1. The molecular formula is C26H21ClN2O4. The lowest BCUT2D eigenvalue weighted by Crippen LogP contribution is -2.02. The standard InChI is InChI=1S/C26H21ClN2O4/c1-3-5-21-12-19(13-22(16-28)20-8-10-24(11-9-20)29(30)31)15-25(32-2)26(21)33-17-18-6-4-7-23(27)14-18/h3-4,6-15H,1,5,17H2,2H3/b22-13+. The number of halogens is 1. The van der Waals surface area contributed by atoms with Crippen LogP contribution in [0.15, 0.2) is 73.3 Å². The molecule has 3 aromatic rings. The van der Waals surface area contributed by atoms with Crippen LogP contribution in [-0.4, -0.2) is 12.0 Å². The van der Waals surface area contributed by atoms with Crippen molar-refractivity contribution < 1.29 is 14.4 Å². The van der Waals surface area contributed by atoms with E-state index in [1.165, 1.54) is 12.1 Å². The van der Waals surface area contributed by atoms with E-state index in [9.17, 15) is 15.4 Å². The van der Waals surface area contributed by atoms with Gasteiger partial charge in [0.25, 0.3) is 5.69 Å². The van der Waals surface area contributed by atoms with E-state index in [1.54, 1.807) is 43.5 Å². The van der Waals surface area contributed by atoms with Crippen LogP contribution in [0.1, 0.15) is 22.3 Å². The van der Waals surface area contributed by atoms with Crippen LogP contribution in [0.4, 0.5) is 5.69 Å². The molecule has 0 saturated heterocycles. The molecule has 0 aliphatic rings. The molecular weight excluding hydrogens is 440 g/mol. The predicted octanol–water partition coefficient (Wildman–Crippen LogP) is 6.63. The molecule has 0 unspecified atom stereocenters. The van der Waals surface area contributed by atoms with Crippen LogP contribution >= 0.6 is 11.6 Å². The van der Waals surface area contributed by atoms with Crippen molar-refractivity contribution in [2.75, 3.05) is 7.11 Å². The molecule has 0 N–H and O–H groups in total. The number of hydrogen-bond donors (Lipinski definition) is 0. The van der Waals surface area contributed by atoms with Gasteiger partial charge in [0.15, 0.2) is 11.5 Å². The molecule has 6 nitrogen and oxygen atoms in total. The smallest absolute Gasteiger partial charge is 0.269 e. The van der Waals surface area contributed by atoms with Crippen molar-refractivity contribution in [2.45, 2.75) is 13.0 Å². The number of methoxy groups -OCH3 is 1. The van der Waals surface area contributed by atoms with E-state index in [4.69, 9.17) is 21.1 Å². The molecule has 3 rings (SSSR count). The lowest BCUT2D eigenvalue weighted by molar-refractivity contribution is -0.384. The maximum Gasteiger partial charge on any atom is 0.269 e. The largest absolute Gasteiger partial charge is 0.493 e. The van der Waals surface area contributed by atoms with E-state index in [0.29, 0.717) is 40.7 Å². The molecule has 0 bridgehead atoms. The highest BCUT2D eigenvalue weighted by Gasteiger charge is 2.14. The van der Waals surface area contributed by atoms with Gasteiger partial charge in [-0.2, -0.15) is 5.26 Å². The zero-order valence-electron chi connectivity index (χ0n) is 18.0. The summed E-state index contributed by atoms with van der Waals surface area (Å²) in [6.45, 7) is 4.13. The summed E-state index contributed by atoms with van der Waals surface area (Å²) < 4.78 is 11.7. The SMILES string of the molecule is C=CCc1cc(/C=C(\C#N)c2ccc([N+](=O)[O-])cc2)cc(OC)c1OCc1cccc(Cl)c1. The van der Waals surface area contributed by atoms with Crippen LogP contribution in [-0.2, 0) is 13.0 Å². The lowest BCUT2D eigenvalue weighted by atomic mass is 10.0. The molecule has 166 valence electrons. The summed E-state index contributed by atoms with van der Waals surface area (Å²) in [6, 6.07) is 19.1. The van der Waals surface area contributed by atoms with Gasteiger partial charge in [0.05, 0.1) is 23.7 Å². The highest BCUT2D eigenvalue weighted by atomic mass is 35.5. The van der Waals surface area contributed by atoms with E-state index < -0.39 is 4.92 Å². The zero-order chi connectivity index (χ0) is 23.8. The molecule has 3 aromatic carbocycles. The fourth-order valence-electron chi connectivity index (χ4n) is 3.28. The maximum absolute atomic E-state index is 10.9. The van der Waals surface area contributed by atoms with Crippen molar-refractivity contribution in [1.82, 2.24) is 0 Å². The third-order valence-corrected chi connectivity index (χ3v) is 5.07. The van der Waals surface area contributed by atoms with E-state index in [-0.39, 0.29) is 5.69 Å². The van der Waals surface area contributed by atoms with Gasteiger partial charge in [0, 0.05) is 22.7 Å². The summed E-state index contributed by atoms with van der Waals surface area (Å²) in [6.07, 6.45) is 4.00. The Morgan fingerprint density at radius 3 is 2.58 bits per heavy atom. The van der Waals surface area contributed by atoms with Gasteiger partial charge in [-0.15, -0.1) is 6.58 Å². The van der Waals surface area contributed by atoms with Gasteiger partial charge in [0.2, 0.25) is 0 Å². The second kappa shape index (κ2) is 11.0. The Labute approximate surface area is 197 Å². The highest BCUT2D eigenvalue weighted by Crippen LogP contribution is 2.35. The van der Waals surface area contributed by atoms with Crippen molar-refractivity contribution in [1.29, 1.82) is 5.26 Å². The first-order valence-corrected chi connectivity index (χ1v) is 10.4. The van der Waals surface area contributed by atoms with Crippen LogP contribution in [0.3, 0.4) is 0 Å². The molecule has 0 atom stereocenters. The summed E-state index contributed by atoms with van der Waals surface area (Å²) in [7, 11) is 1.55. The fourth-order valence-corrected chi connectivity index (χ4v) is 3.49. The molecule has 7 heteroatoms. The minimum Gasteiger partial charge on any atom is -0.493 e. The van der Waals surface area contributed by atoms with Gasteiger partial charge in [0.1, 0.15) is 6.61 Å². The van der Waals surface area contributed by atoms with Crippen molar-refractivity contribution >= 4 is 28.9 Å². The third-order valence-electron chi connectivity index (χ3n) is 4.83. The third kappa shape index (κ3) is 6.00. The molecule has 0 aliphatic heterocycles. The van der Waals surface area contributed by atoms with Gasteiger partial charge in [-0.05, 0) is 65.6 Å². The molecule has 0 aliphatic carbocycles. The molecule has 0 fully saturated rings. The maximum atomic E-state index is 10.9. The lowest BCUT2D eigenvalue weighted by Gasteiger charge is -2.16.